The van der Waals surface area contributed by atoms with Gasteiger partial charge >= 0.3 is 5.97 Å². The van der Waals surface area contributed by atoms with Gasteiger partial charge in [0.1, 0.15) is 6.61 Å². The summed E-state index contributed by atoms with van der Waals surface area (Å²) in [6.45, 7) is 4.46. The number of thioether (sulfide) groups is 1. The fourth-order valence-electron chi connectivity index (χ4n) is 1.03. The highest BCUT2D eigenvalue weighted by atomic mass is 32.2. The van der Waals surface area contributed by atoms with E-state index in [-0.39, 0.29) is 12.0 Å². The Morgan fingerprint density at radius 2 is 2.40 bits per heavy atom. The Morgan fingerprint density at radius 1 is 1.67 bits per heavy atom. The number of nitrogens with zero attached hydrogens (tertiary/aromatic N) is 2. The summed E-state index contributed by atoms with van der Waals surface area (Å²) in [5, 5.41) is 4.12. The largest absolute Gasteiger partial charge is 0.460 e. The second-order valence-electron chi connectivity index (χ2n) is 3.40. The molecule has 0 amide bonds. The van der Waals surface area contributed by atoms with Crippen LogP contribution in [-0.2, 0) is 4.74 Å². The maximum Gasteiger partial charge on any atom is 0.358 e. The van der Waals surface area contributed by atoms with E-state index in [0.717, 1.165) is 5.75 Å². The number of esters is 1. The van der Waals surface area contributed by atoms with Crippen LogP contribution in [0.4, 0.5) is 0 Å². The number of hydrogen-bond donors (Lipinski definition) is 0. The van der Waals surface area contributed by atoms with Crippen molar-refractivity contribution >= 4 is 17.7 Å². The molecule has 1 aromatic heterocycles. The van der Waals surface area contributed by atoms with E-state index in [0.29, 0.717) is 12.3 Å². The van der Waals surface area contributed by atoms with Crippen LogP contribution in [0.15, 0.2) is 12.3 Å². The van der Waals surface area contributed by atoms with E-state index in [2.05, 4.69) is 5.10 Å². The molecule has 0 spiro atoms. The van der Waals surface area contributed by atoms with Crippen LogP contribution in [0.2, 0.25) is 0 Å². The summed E-state index contributed by atoms with van der Waals surface area (Å²) in [7, 11) is 0. The van der Waals surface area contributed by atoms with Gasteiger partial charge in [-0.1, -0.05) is 0 Å². The first-order valence-electron chi connectivity index (χ1n) is 4.86. The van der Waals surface area contributed by atoms with Gasteiger partial charge in [0.25, 0.3) is 0 Å². The van der Waals surface area contributed by atoms with Crippen molar-refractivity contribution in [2.24, 2.45) is 0 Å². The third-order valence-electron chi connectivity index (χ3n) is 1.87. The Kier molecular flexibility index (Phi) is 4.68. The van der Waals surface area contributed by atoms with E-state index in [1.807, 2.05) is 20.1 Å². The van der Waals surface area contributed by atoms with Crippen molar-refractivity contribution in [2.45, 2.75) is 19.9 Å². The number of aromatic nitrogens is 2. The highest BCUT2D eigenvalue weighted by Gasteiger charge is 2.11. The summed E-state index contributed by atoms with van der Waals surface area (Å²) >= 11 is 1.65. The molecule has 84 valence electrons. The monoisotopic (exact) mass is 228 g/mol. The van der Waals surface area contributed by atoms with E-state index >= 15 is 0 Å². The van der Waals surface area contributed by atoms with Gasteiger partial charge in [0.2, 0.25) is 0 Å². The molecule has 0 saturated carbocycles. The molecule has 0 aromatic carbocycles. The van der Waals surface area contributed by atoms with Gasteiger partial charge in [0.15, 0.2) is 5.69 Å². The minimum absolute atomic E-state index is 0.262. The lowest BCUT2D eigenvalue weighted by molar-refractivity contribution is 0.0522. The Balaban J connectivity index is 2.51. The van der Waals surface area contributed by atoms with Gasteiger partial charge in [-0.3, -0.25) is 4.68 Å². The van der Waals surface area contributed by atoms with Crippen molar-refractivity contribution in [2.75, 3.05) is 18.6 Å². The van der Waals surface area contributed by atoms with Crippen molar-refractivity contribution in [1.29, 1.82) is 0 Å². The number of rotatable bonds is 5. The first kappa shape index (κ1) is 12.1. The van der Waals surface area contributed by atoms with Crippen LogP contribution in [0.25, 0.3) is 0 Å². The van der Waals surface area contributed by atoms with Crippen LogP contribution in [0, 0.1) is 0 Å². The van der Waals surface area contributed by atoms with E-state index in [1.54, 1.807) is 28.7 Å². The van der Waals surface area contributed by atoms with Crippen LogP contribution < -0.4 is 0 Å². The van der Waals surface area contributed by atoms with E-state index in [9.17, 15) is 4.79 Å². The Hall–Kier alpha value is -0.970. The molecule has 0 atom stereocenters. The maximum absolute atomic E-state index is 11.4. The number of carbonyl (C=O) groups excluding carboxylic acids is 1. The lowest BCUT2D eigenvalue weighted by atomic mass is 10.4. The van der Waals surface area contributed by atoms with Crippen molar-refractivity contribution in [3.63, 3.8) is 0 Å². The van der Waals surface area contributed by atoms with Crippen molar-refractivity contribution in [3.05, 3.63) is 18.0 Å². The van der Waals surface area contributed by atoms with Gasteiger partial charge in [0, 0.05) is 18.0 Å². The zero-order valence-corrected chi connectivity index (χ0v) is 10.1. The molecule has 15 heavy (non-hydrogen) atoms. The molecular weight excluding hydrogens is 212 g/mol. The molecule has 0 saturated heterocycles. The summed E-state index contributed by atoms with van der Waals surface area (Å²) in [5.41, 5.74) is 0.379. The highest BCUT2D eigenvalue weighted by molar-refractivity contribution is 7.98. The Bertz CT molecular complexity index is 323. The molecule has 0 radical (unpaired) electrons. The lowest BCUT2D eigenvalue weighted by Crippen LogP contribution is -2.10. The molecule has 0 bridgehead atoms. The van der Waals surface area contributed by atoms with Gasteiger partial charge in [-0.25, -0.2) is 4.79 Å². The second kappa shape index (κ2) is 5.80. The fraction of sp³-hybridized carbons (Fsp3) is 0.600. The van der Waals surface area contributed by atoms with Crippen LogP contribution in [0.1, 0.15) is 30.4 Å². The summed E-state index contributed by atoms with van der Waals surface area (Å²) < 4.78 is 6.77. The fourth-order valence-corrected chi connectivity index (χ4v) is 1.28. The third kappa shape index (κ3) is 3.58. The van der Waals surface area contributed by atoms with E-state index in [1.165, 1.54) is 0 Å². The second-order valence-corrected chi connectivity index (χ2v) is 4.39. The van der Waals surface area contributed by atoms with Gasteiger partial charge in [-0.15, -0.1) is 0 Å². The lowest BCUT2D eigenvalue weighted by Gasteiger charge is -2.04. The van der Waals surface area contributed by atoms with Crippen LogP contribution in [0.5, 0.6) is 0 Å². The van der Waals surface area contributed by atoms with E-state index < -0.39 is 0 Å². The van der Waals surface area contributed by atoms with Crippen molar-refractivity contribution in [1.82, 2.24) is 9.78 Å². The number of hydrogen-bond acceptors (Lipinski definition) is 4. The number of carbonyl (C=O) groups is 1. The zero-order chi connectivity index (χ0) is 11.3. The van der Waals surface area contributed by atoms with Crippen LogP contribution >= 0.6 is 11.8 Å². The molecule has 0 aliphatic carbocycles. The first-order chi connectivity index (χ1) is 7.15. The molecule has 0 N–H and O–H groups in total. The molecule has 1 heterocycles. The average Bonchev–Trinajstić information content (AvgIpc) is 2.66. The summed E-state index contributed by atoms with van der Waals surface area (Å²) in [5.74, 6) is 0.472. The first-order valence-corrected chi connectivity index (χ1v) is 6.25. The molecule has 0 unspecified atom stereocenters. The smallest absolute Gasteiger partial charge is 0.358 e. The molecule has 0 aliphatic rings. The molecule has 0 aliphatic heterocycles. The molecule has 1 rings (SSSR count). The normalized spacial score (nSPS) is 10.7. The number of ether oxygens (including phenoxy) is 1. The Morgan fingerprint density at radius 3 is 2.93 bits per heavy atom. The third-order valence-corrected chi connectivity index (χ3v) is 2.44. The van der Waals surface area contributed by atoms with Crippen LogP contribution in [-0.4, -0.2) is 34.4 Å². The van der Waals surface area contributed by atoms with Crippen molar-refractivity contribution in [3.8, 4) is 0 Å². The Labute approximate surface area is 94.0 Å². The summed E-state index contributed by atoms with van der Waals surface area (Å²) in [4.78, 5) is 11.4. The quantitative estimate of drug-likeness (QED) is 0.571. The maximum atomic E-state index is 11.4. The molecule has 5 heteroatoms. The SMILES string of the molecule is CSCCOC(=O)c1ccn(C(C)C)n1. The summed E-state index contributed by atoms with van der Waals surface area (Å²) in [6.07, 6.45) is 3.76. The molecule has 0 fully saturated rings. The highest BCUT2D eigenvalue weighted by Crippen LogP contribution is 2.05. The van der Waals surface area contributed by atoms with Gasteiger partial charge in [0.05, 0.1) is 0 Å². The minimum atomic E-state index is -0.344. The van der Waals surface area contributed by atoms with Gasteiger partial charge < -0.3 is 4.74 Å². The molecule has 4 nitrogen and oxygen atoms in total. The average molecular weight is 228 g/mol. The molecular formula is C10H16N2O2S. The van der Waals surface area contributed by atoms with Gasteiger partial charge in [-0.2, -0.15) is 16.9 Å². The van der Waals surface area contributed by atoms with E-state index in [4.69, 9.17) is 4.74 Å². The topological polar surface area (TPSA) is 44.1 Å². The van der Waals surface area contributed by atoms with Crippen molar-refractivity contribution < 1.29 is 9.53 Å². The predicted molar refractivity (Wildman–Crippen MR) is 61.3 cm³/mol. The molecule has 1 aromatic rings. The van der Waals surface area contributed by atoms with Gasteiger partial charge in [-0.05, 0) is 26.2 Å². The summed E-state index contributed by atoms with van der Waals surface area (Å²) in [6, 6.07) is 1.94. The minimum Gasteiger partial charge on any atom is -0.460 e. The predicted octanol–water partition coefficient (Wildman–Crippen LogP) is 1.98. The van der Waals surface area contributed by atoms with Crippen LogP contribution in [0.3, 0.4) is 0 Å². The zero-order valence-electron chi connectivity index (χ0n) is 9.27. The standard InChI is InChI=1S/C10H16N2O2S/c1-8(2)12-5-4-9(11-12)10(13)14-6-7-15-3/h4-5,8H,6-7H2,1-3H3.